The van der Waals surface area contributed by atoms with Crippen LogP contribution in [0.5, 0.6) is 0 Å². The summed E-state index contributed by atoms with van der Waals surface area (Å²) in [7, 11) is -2.43. The highest BCUT2D eigenvalue weighted by atomic mass is 32.2. The zero-order valence-corrected chi connectivity index (χ0v) is 14.6. The summed E-state index contributed by atoms with van der Waals surface area (Å²) in [6, 6.07) is 12.5. The zero-order valence-electron chi connectivity index (χ0n) is 13.8. The van der Waals surface area contributed by atoms with Gasteiger partial charge in [-0.2, -0.15) is 0 Å². The molecule has 7 heteroatoms. The van der Waals surface area contributed by atoms with Crippen LogP contribution in [0.4, 0.5) is 5.82 Å². The first-order valence-electron chi connectivity index (χ1n) is 7.90. The maximum atomic E-state index is 11.7. The van der Waals surface area contributed by atoms with Crippen molar-refractivity contribution < 1.29 is 13.2 Å². The van der Waals surface area contributed by atoms with Crippen LogP contribution in [0.25, 0.3) is 0 Å². The van der Waals surface area contributed by atoms with Crippen LogP contribution in [-0.4, -0.2) is 25.7 Å². The number of hydrogen-bond acceptors (Lipinski definition) is 6. The highest BCUT2D eigenvalue weighted by Crippen LogP contribution is 2.26. The lowest BCUT2D eigenvalue weighted by molar-refractivity contribution is -0.108. The number of nitrogens with zero attached hydrogens (tertiary/aromatic N) is 2. The largest absolute Gasteiger partial charge is 0.301 e. The molecule has 1 N–H and O–H groups in total. The first-order chi connectivity index (χ1) is 12.1. The van der Waals surface area contributed by atoms with Gasteiger partial charge in [-0.15, -0.1) is 0 Å². The molecule has 6 nitrogen and oxygen atoms in total. The van der Waals surface area contributed by atoms with Crippen LogP contribution in [0, 0.1) is 0 Å². The zero-order chi connectivity index (χ0) is 17.8. The van der Waals surface area contributed by atoms with E-state index in [-0.39, 0.29) is 5.75 Å². The first-order valence-corrected chi connectivity index (χ1v) is 9.26. The smallest absolute Gasteiger partial charge is 0.148 e. The Labute approximate surface area is 148 Å². The van der Waals surface area contributed by atoms with Crippen LogP contribution in [0.1, 0.15) is 18.1 Å². The van der Waals surface area contributed by atoms with E-state index in [1.54, 1.807) is 11.2 Å². The minimum atomic E-state index is -2.43. The van der Waals surface area contributed by atoms with Gasteiger partial charge in [0.15, 0.2) is 0 Å². The Hall–Kier alpha value is -2.67. The predicted octanol–water partition coefficient (Wildman–Crippen LogP) is 1.60. The number of aldehydes is 1. The monoisotopic (exact) mass is 357 g/mol. The third-order valence-electron chi connectivity index (χ3n) is 4.16. The van der Waals surface area contributed by atoms with Crippen molar-refractivity contribution in [1.29, 1.82) is 0 Å². The lowest BCUT2D eigenvalue weighted by atomic mass is 9.98. The molecule has 2 aromatic rings. The van der Waals surface area contributed by atoms with Crippen molar-refractivity contribution in [2.75, 3.05) is 5.01 Å². The Kier molecular flexibility index (Phi) is 5.14. The Morgan fingerprint density at radius 1 is 1.16 bits per heavy atom. The van der Waals surface area contributed by atoms with Crippen LogP contribution in [0.2, 0.25) is 0 Å². The van der Waals surface area contributed by atoms with Gasteiger partial charge < -0.3 is 10.2 Å². The van der Waals surface area contributed by atoms with E-state index in [1.807, 2.05) is 49.4 Å². The van der Waals surface area contributed by atoms with Crippen molar-refractivity contribution in [2.45, 2.75) is 25.1 Å². The van der Waals surface area contributed by atoms with Gasteiger partial charge >= 0.3 is 0 Å². The van der Waals surface area contributed by atoms with Crippen molar-refractivity contribution in [3.05, 3.63) is 71.1 Å². The fourth-order valence-corrected chi connectivity index (χ4v) is 3.42. The summed E-state index contributed by atoms with van der Waals surface area (Å²) in [6.07, 6.45) is 3.20. The number of hydrogen-bond donors (Lipinski definition) is 2. The molecule has 1 aliphatic heterocycles. The SMILES string of the molecule is CC1=C(Cc2ccc(C[SH](=O)=O)cc2)C(C=O)N(c2ccccn2)N1. The molecule has 0 bridgehead atoms. The number of anilines is 1. The third kappa shape index (κ3) is 3.88. The van der Waals surface area contributed by atoms with Gasteiger partial charge in [-0.05, 0) is 42.2 Å². The number of thiol groups is 1. The predicted molar refractivity (Wildman–Crippen MR) is 96.6 cm³/mol. The Morgan fingerprint density at radius 3 is 2.48 bits per heavy atom. The molecule has 1 atom stereocenters. The molecule has 1 aliphatic rings. The second-order valence-corrected chi connectivity index (χ2v) is 6.87. The molecule has 0 saturated heterocycles. The molecule has 2 heterocycles. The van der Waals surface area contributed by atoms with E-state index in [9.17, 15) is 13.2 Å². The van der Waals surface area contributed by atoms with Crippen LogP contribution in [-0.2, 0) is 27.7 Å². The van der Waals surface area contributed by atoms with Crippen molar-refractivity contribution >= 4 is 22.8 Å². The van der Waals surface area contributed by atoms with Crippen molar-refractivity contribution in [3.8, 4) is 0 Å². The molecule has 0 amide bonds. The summed E-state index contributed by atoms with van der Waals surface area (Å²) in [5.41, 5.74) is 6.90. The number of rotatable bonds is 6. The average molecular weight is 357 g/mol. The topological polar surface area (TPSA) is 79.4 Å². The normalized spacial score (nSPS) is 17.0. The van der Waals surface area contributed by atoms with E-state index >= 15 is 0 Å². The molecule has 0 fully saturated rings. The second kappa shape index (κ2) is 7.48. The van der Waals surface area contributed by atoms with Gasteiger partial charge in [0.1, 0.15) is 28.9 Å². The quantitative estimate of drug-likeness (QED) is 0.604. The molecular formula is C18H19N3O3S. The molecular weight excluding hydrogens is 338 g/mol. The number of nitrogens with one attached hydrogen (secondary N) is 1. The Morgan fingerprint density at radius 2 is 1.88 bits per heavy atom. The minimum absolute atomic E-state index is 0.0450. The van der Waals surface area contributed by atoms with Gasteiger partial charge in [0.05, 0.1) is 5.75 Å². The number of aromatic nitrogens is 1. The summed E-state index contributed by atoms with van der Waals surface area (Å²) >= 11 is 0. The van der Waals surface area contributed by atoms with Gasteiger partial charge in [-0.3, -0.25) is 5.01 Å². The van der Waals surface area contributed by atoms with Crippen molar-refractivity contribution in [3.63, 3.8) is 0 Å². The van der Waals surface area contributed by atoms with E-state index < -0.39 is 16.7 Å². The fourth-order valence-electron chi connectivity index (χ4n) is 2.91. The van der Waals surface area contributed by atoms with Crippen LogP contribution < -0.4 is 10.4 Å². The fraction of sp³-hybridized carbons (Fsp3) is 0.222. The highest BCUT2D eigenvalue weighted by Gasteiger charge is 2.31. The molecule has 3 rings (SSSR count). The summed E-state index contributed by atoms with van der Waals surface area (Å²) in [5.74, 6) is 0.729. The van der Waals surface area contributed by atoms with Gasteiger partial charge in [-0.25, -0.2) is 13.4 Å². The molecule has 0 radical (unpaired) electrons. The van der Waals surface area contributed by atoms with Crippen LogP contribution in [0.3, 0.4) is 0 Å². The summed E-state index contributed by atoms with van der Waals surface area (Å²) in [5, 5.41) is 1.76. The van der Waals surface area contributed by atoms with Gasteiger partial charge in [0.2, 0.25) is 0 Å². The molecule has 1 unspecified atom stereocenters. The molecule has 0 aliphatic carbocycles. The molecule has 0 saturated carbocycles. The Balaban J connectivity index is 1.79. The number of benzene rings is 1. The minimum Gasteiger partial charge on any atom is -0.301 e. The lowest BCUT2D eigenvalue weighted by Gasteiger charge is -2.23. The van der Waals surface area contributed by atoms with E-state index in [0.29, 0.717) is 12.2 Å². The van der Waals surface area contributed by atoms with Gasteiger partial charge in [-0.1, -0.05) is 30.3 Å². The number of hydrazine groups is 1. The summed E-state index contributed by atoms with van der Waals surface area (Å²) < 4.78 is 21.6. The molecule has 0 spiro atoms. The van der Waals surface area contributed by atoms with E-state index in [4.69, 9.17) is 0 Å². The molecule has 130 valence electrons. The first kappa shape index (κ1) is 17.2. The summed E-state index contributed by atoms with van der Waals surface area (Å²) in [4.78, 5) is 16.0. The third-order valence-corrected chi connectivity index (χ3v) is 4.78. The number of carbonyl (C=O) groups is 1. The van der Waals surface area contributed by atoms with Crippen LogP contribution in [0.15, 0.2) is 59.9 Å². The lowest BCUT2D eigenvalue weighted by Crippen LogP contribution is -2.41. The molecule has 25 heavy (non-hydrogen) atoms. The highest BCUT2D eigenvalue weighted by molar-refractivity contribution is 7.71. The maximum Gasteiger partial charge on any atom is 0.148 e. The Bertz CT molecular complexity index is 853. The molecule has 1 aromatic heterocycles. The van der Waals surface area contributed by atoms with Crippen molar-refractivity contribution in [1.82, 2.24) is 10.4 Å². The van der Waals surface area contributed by atoms with E-state index in [1.165, 1.54) is 0 Å². The van der Waals surface area contributed by atoms with Gasteiger partial charge in [0.25, 0.3) is 0 Å². The number of allylic oxidation sites excluding steroid dienone is 1. The van der Waals surface area contributed by atoms with E-state index in [0.717, 1.165) is 28.7 Å². The number of carbonyl (C=O) groups excluding carboxylic acids is 1. The number of pyridine rings is 1. The standard InChI is InChI=1S/C18H19N3O3S/c1-13-16(10-14-5-7-15(8-6-14)12-25(23)24)17(11-22)21(20-13)18-4-2-3-9-19-18/h2-9,11,17,20,25H,10,12H2,1H3. The van der Waals surface area contributed by atoms with Gasteiger partial charge in [0, 0.05) is 11.9 Å². The molecule has 1 aromatic carbocycles. The van der Waals surface area contributed by atoms with Crippen molar-refractivity contribution in [2.24, 2.45) is 0 Å². The van der Waals surface area contributed by atoms with Crippen LogP contribution >= 0.6 is 0 Å². The average Bonchev–Trinajstić information content (AvgIpc) is 2.93. The second-order valence-electron chi connectivity index (χ2n) is 5.89. The summed E-state index contributed by atoms with van der Waals surface area (Å²) in [6.45, 7) is 1.94. The van der Waals surface area contributed by atoms with E-state index in [2.05, 4.69) is 10.4 Å². The maximum absolute atomic E-state index is 11.7.